The molecule has 0 unspecified atom stereocenters. The number of aryl methyl sites for hydroxylation is 1. The zero-order chi connectivity index (χ0) is 19.4. The molecule has 0 saturated carbocycles. The molecule has 140 valence electrons. The van der Waals surface area contributed by atoms with Gasteiger partial charge in [0.25, 0.3) is 11.5 Å². The number of fused-ring (bicyclic) bond motifs is 1. The summed E-state index contributed by atoms with van der Waals surface area (Å²) in [5, 5.41) is 8.12. The molecule has 2 aromatic carbocycles. The Kier molecular flexibility index (Phi) is 5.66. The number of nitrogens with one attached hydrogen (secondary N) is 1. The molecular formula is C21H24N4O2. The summed E-state index contributed by atoms with van der Waals surface area (Å²) in [5.41, 5.74) is 1.87. The summed E-state index contributed by atoms with van der Waals surface area (Å²) in [7, 11) is 1.55. The summed E-state index contributed by atoms with van der Waals surface area (Å²) < 4.78 is 1.20. The molecule has 0 bridgehead atoms. The first-order chi connectivity index (χ1) is 13.0. The van der Waals surface area contributed by atoms with Crippen molar-refractivity contribution in [1.82, 2.24) is 14.7 Å². The third-order valence-electron chi connectivity index (χ3n) is 4.66. The highest BCUT2D eigenvalue weighted by molar-refractivity contribution is 6.11. The monoisotopic (exact) mass is 364 g/mol. The molecule has 1 aromatic heterocycles. The molecule has 0 aliphatic carbocycles. The van der Waals surface area contributed by atoms with Crippen LogP contribution in [0.3, 0.4) is 0 Å². The zero-order valence-corrected chi connectivity index (χ0v) is 15.9. The second kappa shape index (κ2) is 8.14. The van der Waals surface area contributed by atoms with E-state index in [0.29, 0.717) is 16.5 Å². The van der Waals surface area contributed by atoms with Gasteiger partial charge in [0.05, 0.1) is 5.39 Å². The van der Waals surface area contributed by atoms with Crippen molar-refractivity contribution >= 4 is 22.4 Å². The van der Waals surface area contributed by atoms with E-state index in [1.807, 2.05) is 24.3 Å². The SMILES string of the molecule is CCN(CC)Cc1cccc(NC(=O)c2nn(C)c(=O)c3ccccc23)c1. The minimum absolute atomic E-state index is 0.219. The van der Waals surface area contributed by atoms with E-state index < -0.39 is 0 Å². The van der Waals surface area contributed by atoms with Crippen molar-refractivity contribution < 1.29 is 4.79 Å². The minimum atomic E-state index is -0.332. The van der Waals surface area contributed by atoms with Gasteiger partial charge in [-0.25, -0.2) is 4.68 Å². The van der Waals surface area contributed by atoms with E-state index in [1.165, 1.54) is 4.68 Å². The summed E-state index contributed by atoms with van der Waals surface area (Å²) >= 11 is 0. The number of rotatable bonds is 6. The van der Waals surface area contributed by atoms with Crippen LogP contribution in [0.15, 0.2) is 53.3 Å². The van der Waals surface area contributed by atoms with Crippen LogP contribution in [0.1, 0.15) is 29.9 Å². The van der Waals surface area contributed by atoms with Crippen molar-refractivity contribution in [2.75, 3.05) is 18.4 Å². The van der Waals surface area contributed by atoms with E-state index >= 15 is 0 Å². The maximum Gasteiger partial charge on any atom is 0.276 e. The number of hydrogen-bond donors (Lipinski definition) is 1. The highest BCUT2D eigenvalue weighted by atomic mass is 16.2. The number of carbonyl (C=O) groups is 1. The summed E-state index contributed by atoms with van der Waals surface area (Å²) in [5.74, 6) is -0.332. The predicted octanol–water partition coefficient (Wildman–Crippen LogP) is 3.03. The Morgan fingerprint density at radius 1 is 1.07 bits per heavy atom. The Morgan fingerprint density at radius 2 is 1.78 bits per heavy atom. The van der Waals surface area contributed by atoms with Crippen LogP contribution in [0, 0.1) is 0 Å². The smallest absolute Gasteiger partial charge is 0.276 e. The number of hydrogen-bond acceptors (Lipinski definition) is 4. The summed E-state index contributed by atoms with van der Waals surface area (Å²) in [4.78, 5) is 27.4. The van der Waals surface area contributed by atoms with Crippen LogP contribution in [0.5, 0.6) is 0 Å². The molecule has 1 amide bonds. The van der Waals surface area contributed by atoms with Crippen LogP contribution >= 0.6 is 0 Å². The number of carbonyl (C=O) groups excluding carboxylic acids is 1. The lowest BCUT2D eigenvalue weighted by molar-refractivity contribution is 0.102. The average Bonchev–Trinajstić information content (AvgIpc) is 2.69. The molecule has 27 heavy (non-hydrogen) atoms. The first-order valence-corrected chi connectivity index (χ1v) is 9.12. The van der Waals surface area contributed by atoms with E-state index in [9.17, 15) is 9.59 Å². The molecule has 0 saturated heterocycles. The molecule has 6 heteroatoms. The second-order valence-corrected chi connectivity index (χ2v) is 6.44. The number of aromatic nitrogens is 2. The minimum Gasteiger partial charge on any atom is -0.321 e. The second-order valence-electron chi connectivity index (χ2n) is 6.44. The molecular weight excluding hydrogens is 340 g/mol. The third kappa shape index (κ3) is 4.06. The van der Waals surface area contributed by atoms with Crippen LogP contribution < -0.4 is 10.9 Å². The predicted molar refractivity (Wildman–Crippen MR) is 108 cm³/mol. The first-order valence-electron chi connectivity index (χ1n) is 9.12. The zero-order valence-electron chi connectivity index (χ0n) is 15.9. The van der Waals surface area contributed by atoms with E-state index in [1.54, 1.807) is 31.3 Å². The largest absolute Gasteiger partial charge is 0.321 e. The molecule has 0 fully saturated rings. The van der Waals surface area contributed by atoms with E-state index in [2.05, 4.69) is 29.2 Å². The van der Waals surface area contributed by atoms with Gasteiger partial charge in [-0.05, 0) is 36.9 Å². The summed E-state index contributed by atoms with van der Waals surface area (Å²) in [6, 6.07) is 14.8. The van der Waals surface area contributed by atoms with Crippen molar-refractivity contribution in [2.24, 2.45) is 7.05 Å². The van der Waals surface area contributed by atoms with Gasteiger partial charge in [-0.2, -0.15) is 5.10 Å². The fourth-order valence-corrected chi connectivity index (χ4v) is 3.11. The van der Waals surface area contributed by atoms with Crippen molar-refractivity contribution in [3.63, 3.8) is 0 Å². The maximum absolute atomic E-state index is 12.8. The molecule has 0 aliphatic rings. The Labute approximate surface area is 158 Å². The van der Waals surface area contributed by atoms with Gasteiger partial charge in [0, 0.05) is 24.7 Å². The van der Waals surface area contributed by atoms with E-state index in [-0.39, 0.29) is 17.2 Å². The van der Waals surface area contributed by atoms with Crippen LogP contribution in [-0.4, -0.2) is 33.7 Å². The van der Waals surface area contributed by atoms with Crippen LogP contribution in [0.2, 0.25) is 0 Å². The van der Waals surface area contributed by atoms with Gasteiger partial charge in [0.2, 0.25) is 0 Å². The number of nitrogens with zero attached hydrogens (tertiary/aromatic N) is 3. The quantitative estimate of drug-likeness (QED) is 0.730. The Morgan fingerprint density at radius 3 is 2.48 bits per heavy atom. The van der Waals surface area contributed by atoms with E-state index in [0.717, 1.165) is 25.2 Å². The van der Waals surface area contributed by atoms with Gasteiger partial charge in [-0.15, -0.1) is 0 Å². The van der Waals surface area contributed by atoms with Crippen LogP contribution in [0.4, 0.5) is 5.69 Å². The van der Waals surface area contributed by atoms with Crippen LogP contribution in [0.25, 0.3) is 10.8 Å². The fourth-order valence-electron chi connectivity index (χ4n) is 3.11. The molecule has 0 atom stereocenters. The van der Waals surface area contributed by atoms with E-state index in [4.69, 9.17) is 0 Å². The average molecular weight is 364 g/mol. The maximum atomic E-state index is 12.8. The Balaban J connectivity index is 1.90. The number of anilines is 1. The van der Waals surface area contributed by atoms with Gasteiger partial charge in [-0.3, -0.25) is 14.5 Å². The normalized spacial score (nSPS) is 11.1. The third-order valence-corrected chi connectivity index (χ3v) is 4.66. The molecule has 6 nitrogen and oxygen atoms in total. The van der Waals surface area contributed by atoms with Crippen molar-refractivity contribution in [1.29, 1.82) is 0 Å². The lowest BCUT2D eigenvalue weighted by Crippen LogP contribution is -2.25. The van der Waals surface area contributed by atoms with Gasteiger partial charge in [0.1, 0.15) is 0 Å². The van der Waals surface area contributed by atoms with Gasteiger partial charge >= 0.3 is 0 Å². The lowest BCUT2D eigenvalue weighted by atomic mass is 10.1. The number of amides is 1. The fraction of sp³-hybridized carbons (Fsp3) is 0.286. The number of benzene rings is 2. The van der Waals surface area contributed by atoms with Gasteiger partial charge < -0.3 is 5.32 Å². The Bertz CT molecular complexity index is 1020. The van der Waals surface area contributed by atoms with Crippen molar-refractivity contribution in [3.8, 4) is 0 Å². The highest BCUT2D eigenvalue weighted by Crippen LogP contribution is 2.17. The Hall–Kier alpha value is -2.99. The molecule has 3 rings (SSSR count). The van der Waals surface area contributed by atoms with Crippen molar-refractivity contribution in [2.45, 2.75) is 20.4 Å². The molecule has 0 radical (unpaired) electrons. The standard InChI is InChI=1S/C21H24N4O2/c1-4-25(5-2)14-15-9-8-10-16(13-15)22-20(26)19-17-11-6-7-12-18(17)21(27)24(3)23-19/h6-13H,4-5,14H2,1-3H3,(H,22,26). The van der Waals surface area contributed by atoms with Crippen LogP contribution in [-0.2, 0) is 13.6 Å². The first kappa shape index (κ1) is 18.8. The molecule has 1 heterocycles. The molecule has 0 aliphatic heterocycles. The molecule has 1 N–H and O–H groups in total. The van der Waals surface area contributed by atoms with Crippen molar-refractivity contribution in [3.05, 3.63) is 70.1 Å². The summed E-state index contributed by atoms with van der Waals surface area (Å²) in [6.07, 6.45) is 0. The summed E-state index contributed by atoms with van der Waals surface area (Å²) in [6.45, 7) is 7.04. The van der Waals surface area contributed by atoms with Gasteiger partial charge in [-0.1, -0.05) is 44.2 Å². The van der Waals surface area contributed by atoms with Gasteiger partial charge in [0.15, 0.2) is 5.69 Å². The lowest BCUT2D eigenvalue weighted by Gasteiger charge is -2.18. The topological polar surface area (TPSA) is 67.2 Å². The molecule has 0 spiro atoms. The molecule has 3 aromatic rings. The highest BCUT2D eigenvalue weighted by Gasteiger charge is 2.16.